The maximum Gasteiger partial charge on any atom is 0.341 e. The second-order valence-electron chi connectivity index (χ2n) is 11.1. The molecular formula is C29H35FN8O2S. The number of nitrogens with one attached hydrogen (secondary N) is 3. The summed E-state index contributed by atoms with van der Waals surface area (Å²) >= 11 is 1.58. The molecule has 1 aromatic carbocycles. The number of pyridine rings is 1. The Morgan fingerprint density at radius 2 is 1.85 bits per heavy atom. The van der Waals surface area contributed by atoms with Crippen LogP contribution in [0.2, 0.25) is 0 Å². The van der Waals surface area contributed by atoms with Gasteiger partial charge in [-0.15, -0.1) is 5.10 Å². The zero-order valence-corrected chi connectivity index (χ0v) is 24.0. The highest BCUT2D eigenvalue weighted by Crippen LogP contribution is 2.32. The van der Waals surface area contributed by atoms with Gasteiger partial charge in [-0.3, -0.25) is 14.3 Å². The topological polar surface area (TPSA) is 125 Å². The van der Waals surface area contributed by atoms with Gasteiger partial charge in [0.2, 0.25) is 5.95 Å². The van der Waals surface area contributed by atoms with Crippen LogP contribution >= 0.6 is 11.8 Å². The van der Waals surface area contributed by atoms with Crippen LogP contribution < -0.4 is 21.5 Å². The van der Waals surface area contributed by atoms with Gasteiger partial charge in [-0.1, -0.05) is 24.6 Å². The van der Waals surface area contributed by atoms with Crippen molar-refractivity contribution < 1.29 is 4.39 Å². The summed E-state index contributed by atoms with van der Waals surface area (Å²) in [5, 5.41) is 10.8. The molecule has 1 aliphatic heterocycles. The molecule has 2 aliphatic rings. The van der Waals surface area contributed by atoms with Crippen LogP contribution in [0.15, 0.2) is 45.2 Å². The molecule has 0 atom stereocenters. The van der Waals surface area contributed by atoms with Crippen LogP contribution in [0.5, 0.6) is 0 Å². The smallest absolute Gasteiger partial charge is 0.341 e. The molecule has 0 radical (unpaired) electrons. The van der Waals surface area contributed by atoms with E-state index in [1.807, 2.05) is 12.1 Å². The highest BCUT2D eigenvalue weighted by molar-refractivity contribution is 7.99. The fourth-order valence-electron chi connectivity index (χ4n) is 6.09. The van der Waals surface area contributed by atoms with Crippen molar-refractivity contribution in [3.8, 4) is 0 Å². The first-order valence-electron chi connectivity index (χ1n) is 14.4. The molecule has 41 heavy (non-hydrogen) atoms. The van der Waals surface area contributed by atoms with E-state index in [9.17, 15) is 14.0 Å². The van der Waals surface area contributed by atoms with Gasteiger partial charge in [-0.25, -0.2) is 19.3 Å². The van der Waals surface area contributed by atoms with Crippen LogP contribution in [-0.2, 0) is 0 Å². The van der Waals surface area contributed by atoms with E-state index in [0.717, 1.165) is 75.4 Å². The number of anilines is 3. The number of hydrogen-bond donors (Lipinski definition) is 3. The van der Waals surface area contributed by atoms with E-state index in [-0.39, 0.29) is 11.7 Å². The number of rotatable bonds is 9. The Labute approximate surface area is 241 Å². The molecule has 4 heterocycles. The van der Waals surface area contributed by atoms with Crippen molar-refractivity contribution >= 4 is 40.1 Å². The fraction of sp³-hybridized carbons (Fsp3) is 0.483. The molecule has 0 unspecified atom stereocenters. The average molecular weight is 579 g/mol. The molecule has 4 aromatic rings. The fourth-order valence-corrected chi connectivity index (χ4v) is 6.87. The van der Waals surface area contributed by atoms with Crippen molar-refractivity contribution in [1.82, 2.24) is 29.7 Å². The van der Waals surface area contributed by atoms with Gasteiger partial charge in [-0.05, 0) is 75.6 Å². The number of fused-ring (bicyclic) bond motifs is 1. The molecule has 3 aromatic heterocycles. The highest BCUT2D eigenvalue weighted by Gasteiger charge is 2.25. The number of nitrogens with zero attached hydrogens (tertiary/aromatic N) is 5. The first-order valence-corrected chi connectivity index (χ1v) is 15.4. The van der Waals surface area contributed by atoms with E-state index in [1.54, 1.807) is 29.4 Å². The molecule has 0 spiro atoms. The van der Waals surface area contributed by atoms with Crippen molar-refractivity contribution in [1.29, 1.82) is 0 Å². The maximum atomic E-state index is 14.7. The number of piperidine rings is 1. The lowest BCUT2D eigenvalue weighted by Crippen LogP contribution is -2.33. The molecule has 2 fully saturated rings. The highest BCUT2D eigenvalue weighted by atomic mass is 32.2. The lowest BCUT2D eigenvalue weighted by molar-refractivity contribution is 0.379. The Morgan fingerprint density at radius 3 is 2.56 bits per heavy atom. The van der Waals surface area contributed by atoms with Gasteiger partial charge in [0.1, 0.15) is 5.65 Å². The van der Waals surface area contributed by atoms with Crippen LogP contribution in [0, 0.1) is 18.7 Å². The molecule has 3 N–H and O–H groups in total. The summed E-state index contributed by atoms with van der Waals surface area (Å²) in [4.78, 5) is 38.2. The number of aromatic nitrogens is 6. The second kappa shape index (κ2) is 12.1. The lowest BCUT2D eigenvalue weighted by atomic mass is 9.92. The first kappa shape index (κ1) is 27.5. The maximum absolute atomic E-state index is 14.7. The van der Waals surface area contributed by atoms with E-state index in [4.69, 9.17) is 0 Å². The standard InChI is InChI=1S/C29H35FN8O2S/c1-18-23-17-31-27(33-25(23)38(26(39)24(18)30)22-6-2-3-7-22)32-20-8-10-21(11-9-20)37-14-12-19(13-15-37)5-4-16-41-29-34-28(40)35-36-29/h8-11,17,19,22H,2-7,12-16H2,1H3,(H,31,32,33)(H2,34,35,36,40). The minimum absolute atomic E-state index is 0.0289. The predicted octanol–water partition coefficient (Wildman–Crippen LogP) is 5.30. The number of aromatic amines is 2. The Bertz CT molecular complexity index is 1620. The number of H-pyrrole nitrogens is 2. The van der Waals surface area contributed by atoms with Crippen LogP contribution in [-0.4, -0.2) is 48.6 Å². The third kappa shape index (κ3) is 6.02. The Kier molecular flexibility index (Phi) is 8.09. The lowest BCUT2D eigenvalue weighted by Gasteiger charge is -2.33. The van der Waals surface area contributed by atoms with Crippen molar-refractivity contribution in [3.05, 3.63) is 62.7 Å². The molecule has 1 aliphatic carbocycles. The molecular weight excluding hydrogens is 543 g/mol. The van der Waals surface area contributed by atoms with E-state index in [1.165, 1.54) is 12.1 Å². The van der Waals surface area contributed by atoms with Gasteiger partial charge in [0, 0.05) is 53.4 Å². The molecule has 6 rings (SSSR count). The number of hydrogen-bond acceptors (Lipinski definition) is 8. The Balaban J connectivity index is 1.06. The second-order valence-corrected chi connectivity index (χ2v) is 12.1. The zero-order valence-electron chi connectivity index (χ0n) is 23.2. The summed E-state index contributed by atoms with van der Waals surface area (Å²) in [5.41, 5.74) is 1.98. The number of benzene rings is 1. The Morgan fingerprint density at radius 1 is 1.10 bits per heavy atom. The van der Waals surface area contributed by atoms with E-state index in [2.05, 4.69) is 47.5 Å². The molecule has 0 amide bonds. The van der Waals surface area contributed by atoms with Crippen molar-refractivity contribution in [2.45, 2.75) is 69.5 Å². The summed E-state index contributed by atoms with van der Waals surface area (Å²) in [6.07, 6.45) is 10.0. The van der Waals surface area contributed by atoms with Crippen LogP contribution in [0.3, 0.4) is 0 Å². The van der Waals surface area contributed by atoms with Crippen molar-refractivity contribution in [2.75, 3.05) is 29.1 Å². The molecule has 216 valence electrons. The predicted molar refractivity (Wildman–Crippen MR) is 160 cm³/mol. The van der Waals surface area contributed by atoms with Gasteiger partial charge < -0.3 is 10.2 Å². The Hall–Kier alpha value is -3.67. The van der Waals surface area contributed by atoms with Crippen LogP contribution in [0.1, 0.15) is 63.0 Å². The monoisotopic (exact) mass is 578 g/mol. The number of halogens is 1. The van der Waals surface area contributed by atoms with Crippen molar-refractivity contribution in [2.24, 2.45) is 5.92 Å². The van der Waals surface area contributed by atoms with Gasteiger partial charge in [0.25, 0.3) is 5.56 Å². The quantitative estimate of drug-likeness (QED) is 0.181. The SMILES string of the molecule is Cc1c(F)c(=O)n(C2CCCC2)c2nc(Nc3ccc(N4CCC(CCCSc5n[nH]c(=O)[nH]5)CC4)cc3)ncc12. The van der Waals surface area contributed by atoms with E-state index >= 15 is 0 Å². The van der Waals surface area contributed by atoms with Crippen LogP contribution in [0.4, 0.5) is 21.7 Å². The molecule has 0 bridgehead atoms. The minimum atomic E-state index is -0.712. The zero-order chi connectivity index (χ0) is 28.3. The van der Waals surface area contributed by atoms with Crippen LogP contribution in [0.25, 0.3) is 11.0 Å². The van der Waals surface area contributed by atoms with Crippen molar-refractivity contribution in [3.63, 3.8) is 0 Å². The summed E-state index contributed by atoms with van der Waals surface area (Å²) < 4.78 is 16.3. The summed E-state index contributed by atoms with van der Waals surface area (Å²) in [6, 6.07) is 8.23. The largest absolute Gasteiger partial charge is 0.372 e. The number of thioether (sulfide) groups is 1. The first-order chi connectivity index (χ1) is 20.0. The molecule has 10 nitrogen and oxygen atoms in total. The van der Waals surface area contributed by atoms with Gasteiger partial charge in [-0.2, -0.15) is 4.98 Å². The van der Waals surface area contributed by atoms with Gasteiger partial charge in [0.05, 0.1) is 0 Å². The summed E-state index contributed by atoms with van der Waals surface area (Å²) in [7, 11) is 0. The average Bonchev–Trinajstić information content (AvgIpc) is 3.67. The van der Waals surface area contributed by atoms with Gasteiger partial charge >= 0.3 is 5.69 Å². The van der Waals surface area contributed by atoms with Gasteiger partial charge in [0.15, 0.2) is 11.0 Å². The molecule has 12 heteroatoms. The third-order valence-corrected chi connectivity index (χ3v) is 9.36. The summed E-state index contributed by atoms with van der Waals surface area (Å²) in [6.45, 7) is 3.67. The molecule has 1 saturated heterocycles. The number of aryl methyl sites for hydroxylation is 1. The molecule has 1 saturated carbocycles. The normalized spacial score (nSPS) is 16.6. The van der Waals surface area contributed by atoms with E-state index in [0.29, 0.717) is 27.7 Å². The third-order valence-electron chi connectivity index (χ3n) is 8.40. The summed E-state index contributed by atoms with van der Waals surface area (Å²) in [5.74, 6) is 1.34. The minimum Gasteiger partial charge on any atom is -0.372 e. The van der Waals surface area contributed by atoms with E-state index < -0.39 is 11.4 Å².